The third kappa shape index (κ3) is 3.08. The molecule has 1 atom stereocenters. The van der Waals surface area contributed by atoms with Crippen molar-refractivity contribution in [1.82, 2.24) is 0 Å². The number of hydrogen-bond donors (Lipinski definition) is 1. The van der Waals surface area contributed by atoms with Gasteiger partial charge in [-0.05, 0) is 30.5 Å². The van der Waals surface area contributed by atoms with Crippen molar-refractivity contribution in [1.29, 1.82) is 0 Å². The second-order valence-corrected chi connectivity index (χ2v) is 4.02. The number of nitrogens with two attached hydrogens (primary N) is 1. The molecular weight excluding hydrogens is 233 g/mol. The standard InChI is InChI=1S/C10H13BrFN/c1-2-9(13)5-7-3-4-8(11)6-10(7)12/h3-4,6,9H,2,5,13H2,1H3. The van der Waals surface area contributed by atoms with Crippen LogP contribution < -0.4 is 5.73 Å². The van der Waals surface area contributed by atoms with Crippen LogP contribution in [0.5, 0.6) is 0 Å². The predicted octanol–water partition coefficient (Wildman–Crippen LogP) is 2.87. The van der Waals surface area contributed by atoms with E-state index >= 15 is 0 Å². The van der Waals surface area contributed by atoms with E-state index in [1.165, 1.54) is 6.07 Å². The molecule has 0 radical (unpaired) electrons. The summed E-state index contributed by atoms with van der Waals surface area (Å²) in [5.74, 6) is -0.182. The molecule has 0 fully saturated rings. The summed E-state index contributed by atoms with van der Waals surface area (Å²) in [4.78, 5) is 0. The van der Waals surface area contributed by atoms with Gasteiger partial charge in [-0.3, -0.25) is 0 Å². The van der Waals surface area contributed by atoms with Crippen molar-refractivity contribution in [3.8, 4) is 0 Å². The summed E-state index contributed by atoms with van der Waals surface area (Å²) in [6.45, 7) is 2.00. The van der Waals surface area contributed by atoms with Crippen LogP contribution in [0.2, 0.25) is 0 Å². The predicted molar refractivity (Wildman–Crippen MR) is 56.1 cm³/mol. The van der Waals surface area contributed by atoms with Crippen molar-refractivity contribution >= 4 is 15.9 Å². The van der Waals surface area contributed by atoms with E-state index < -0.39 is 0 Å². The van der Waals surface area contributed by atoms with Crippen molar-refractivity contribution in [2.45, 2.75) is 25.8 Å². The van der Waals surface area contributed by atoms with E-state index in [-0.39, 0.29) is 11.9 Å². The van der Waals surface area contributed by atoms with Gasteiger partial charge in [0.2, 0.25) is 0 Å². The first kappa shape index (κ1) is 10.7. The Morgan fingerprint density at radius 2 is 2.23 bits per heavy atom. The first-order chi connectivity index (χ1) is 6.13. The maximum absolute atomic E-state index is 13.3. The molecule has 0 bridgehead atoms. The summed E-state index contributed by atoms with van der Waals surface area (Å²) in [6.07, 6.45) is 1.48. The van der Waals surface area contributed by atoms with Gasteiger partial charge in [0.1, 0.15) is 5.82 Å². The summed E-state index contributed by atoms with van der Waals surface area (Å²) in [6, 6.07) is 5.13. The highest BCUT2D eigenvalue weighted by molar-refractivity contribution is 9.10. The van der Waals surface area contributed by atoms with Crippen LogP contribution in [0.3, 0.4) is 0 Å². The SMILES string of the molecule is CCC(N)Cc1ccc(Br)cc1F. The lowest BCUT2D eigenvalue weighted by Gasteiger charge is -2.09. The highest BCUT2D eigenvalue weighted by Crippen LogP contribution is 2.16. The van der Waals surface area contributed by atoms with Gasteiger partial charge in [-0.15, -0.1) is 0 Å². The van der Waals surface area contributed by atoms with E-state index in [2.05, 4.69) is 15.9 Å². The Morgan fingerprint density at radius 1 is 1.54 bits per heavy atom. The summed E-state index contributed by atoms with van der Waals surface area (Å²) in [5, 5.41) is 0. The minimum atomic E-state index is -0.182. The van der Waals surface area contributed by atoms with Gasteiger partial charge in [0.15, 0.2) is 0 Å². The number of benzene rings is 1. The summed E-state index contributed by atoms with van der Waals surface area (Å²) in [5.41, 5.74) is 6.43. The molecule has 0 saturated carbocycles. The molecule has 3 heteroatoms. The maximum atomic E-state index is 13.3. The van der Waals surface area contributed by atoms with Gasteiger partial charge in [0.05, 0.1) is 0 Å². The summed E-state index contributed by atoms with van der Waals surface area (Å²) >= 11 is 3.21. The smallest absolute Gasteiger partial charge is 0.127 e. The van der Waals surface area contributed by atoms with Crippen molar-refractivity contribution in [2.75, 3.05) is 0 Å². The Balaban J connectivity index is 2.77. The fraction of sp³-hybridized carbons (Fsp3) is 0.400. The Labute approximate surface area is 86.3 Å². The average Bonchev–Trinajstić information content (AvgIpc) is 2.09. The fourth-order valence-electron chi connectivity index (χ4n) is 1.11. The van der Waals surface area contributed by atoms with Gasteiger partial charge in [0.25, 0.3) is 0 Å². The highest BCUT2D eigenvalue weighted by Gasteiger charge is 2.06. The highest BCUT2D eigenvalue weighted by atomic mass is 79.9. The van der Waals surface area contributed by atoms with Crippen molar-refractivity contribution < 1.29 is 4.39 Å². The molecule has 0 heterocycles. The van der Waals surface area contributed by atoms with E-state index in [1.807, 2.05) is 13.0 Å². The van der Waals surface area contributed by atoms with E-state index in [1.54, 1.807) is 6.07 Å². The molecule has 1 aromatic carbocycles. The molecule has 1 aromatic rings. The third-order valence-electron chi connectivity index (χ3n) is 2.02. The van der Waals surface area contributed by atoms with Crippen molar-refractivity contribution in [3.05, 3.63) is 34.1 Å². The minimum absolute atomic E-state index is 0.0516. The number of rotatable bonds is 3. The second-order valence-electron chi connectivity index (χ2n) is 3.11. The zero-order chi connectivity index (χ0) is 9.84. The number of halogens is 2. The van der Waals surface area contributed by atoms with Gasteiger partial charge in [0, 0.05) is 10.5 Å². The van der Waals surface area contributed by atoms with Crippen molar-refractivity contribution in [2.24, 2.45) is 5.73 Å². The van der Waals surface area contributed by atoms with Crippen LogP contribution in [0.15, 0.2) is 22.7 Å². The molecule has 0 amide bonds. The zero-order valence-corrected chi connectivity index (χ0v) is 9.14. The molecule has 1 rings (SSSR count). The number of hydrogen-bond acceptors (Lipinski definition) is 1. The molecule has 0 aliphatic heterocycles. The average molecular weight is 246 g/mol. The van der Waals surface area contributed by atoms with Crippen LogP contribution in [0.25, 0.3) is 0 Å². The van der Waals surface area contributed by atoms with E-state index in [4.69, 9.17) is 5.73 Å². The lowest BCUT2D eigenvalue weighted by molar-refractivity contribution is 0.578. The largest absolute Gasteiger partial charge is 0.327 e. The Kier molecular flexibility index (Phi) is 3.88. The monoisotopic (exact) mass is 245 g/mol. The van der Waals surface area contributed by atoms with E-state index in [9.17, 15) is 4.39 Å². The molecule has 0 saturated heterocycles. The van der Waals surface area contributed by atoms with Crippen LogP contribution in [0.1, 0.15) is 18.9 Å². The lowest BCUT2D eigenvalue weighted by atomic mass is 10.0. The van der Waals surface area contributed by atoms with Crippen molar-refractivity contribution in [3.63, 3.8) is 0 Å². The van der Waals surface area contributed by atoms with Gasteiger partial charge in [-0.2, -0.15) is 0 Å². The molecule has 0 spiro atoms. The minimum Gasteiger partial charge on any atom is -0.327 e. The first-order valence-corrected chi connectivity index (χ1v) is 5.12. The van der Waals surface area contributed by atoms with E-state index in [0.717, 1.165) is 10.9 Å². The van der Waals surface area contributed by atoms with Crippen LogP contribution in [0.4, 0.5) is 4.39 Å². The Bertz CT molecular complexity index is 288. The molecular formula is C10H13BrFN. The lowest BCUT2D eigenvalue weighted by Crippen LogP contribution is -2.21. The molecule has 1 unspecified atom stereocenters. The Morgan fingerprint density at radius 3 is 2.77 bits per heavy atom. The van der Waals surface area contributed by atoms with Crippen LogP contribution in [-0.4, -0.2) is 6.04 Å². The van der Waals surface area contributed by atoms with Crippen LogP contribution in [-0.2, 0) is 6.42 Å². The van der Waals surface area contributed by atoms with E-state index in [0.29, 0.717) is 12.0 Å². The molecule has 72 valence electrons. The second kappa shape index (κ2) is 4.72. The topological polar surface area (TPSA) is 26.0 Å². The Hall–Kier alpha value is -0.410. The molecule has 13 heavy (non-hydrogen) atoms. The normalized spacial score (nSPS) is 12.9. The molecule has 0 aliphatic carbocycles. The first-order valence-electron chi connectivity index (χ1n) is 4.33. The van der Waals surface area contributed by atoms with Crippen LogP contribution >= 0.6 is 15.9 Å². The quantitative estimate of drug-likeness (QED) is 0.871. The zero-order valence-electron chi connectivity index (χ0n) is 7.56. The molecule has 0 aromatic heterocycles. The fourth-order valence-corrected chi connectivity index (χ4v) is 1.45. The van der Waals surface area contributed by atoms with Gasteiger partial charge in [-0.1, -0.05) is 28.9 Å². The molecule has 2 N–H and O–H groups in total. The molecule has 0 aliphatic rings. The summed E-state index contributed by atoms with van der Waals surface area (Å²) < 4.78 is 14.0. The summed E-state index contributed by atoms with van der Waals surface area (Å²) in [7, 11) is 0. The van der Waals surface area contributed by atoms with Gasteiger partial charge >= 0.3 is 0 Å². The third-order valence-corrected chi connectivity index (χ3v) is 2.51. The van der Waals surface area contributed by atoms with Gasteiger partial charge in [-0.25, -0.2) is 4.39 Å². The van der Waals surface area contributed by atoms with Crippen LogP contribution in [0, 0.1) is 5.82 Å². The molecule has 1 nitrogen and oxygen atoms in total. The maximum Gasteiger partial charge on any atom is 0.127 e. The van der Waals surface area contributed by atoms with Gasteiger partial charge < -0.3 is 5.73 Å².